The zero-order valence-electron chi connectivity index (χ0n) is 18.1. The molecule has 3 heteroatoms. The molecule has 148 valence electrons. The van der Waals surface area contributed by atoms with Crippen molar-refractivity contribution in [2.75, 3.05) is 23.0 Å². The number of para-hydroxylation sites is 1. The zero-order valence-corrected chi connectivity index (χ0v) is 18.9. The minimum Gasteiger partial charge on any atom is -0.351 e. The molecule has 0 saturated carbocycles. The molecule has 0 amide bonds. The molecule has 2 nitrogen and oxygen atoms in total. The highest BCUT2D eigenvalue weighted by Gasteiger charge is 2.43. The molecular weight excluding hydrogens is 360 g/mol. The predicted molar refractivity (Wildman–Crippen MR) is 121 cm³/mol. The van der Waals surface area contributed by atoms with E-state index in [9.17, 15) is 0 Å². The molecule has 0 bridgehead atoms. The molecule has 0 unspecified atom stereocenters. The SMILES string of the molecule is CC(C)CN1CN2c3ccc4c(c3Sc3cccc1c32)C(C)(C)CCC4(C)C. The van der Waals surface area contributed by atoms with Crippen LogP contribution in [0.4, 0.5) is 17.1 Å². The van der Waals surface area contributed by atoms with E-state index in [1.807, 2.05) is 11.8 Å². The van der Waals surface area contributed by atoms with Crippen LogP contribution in [0.3, 0.4) is 0 Å². The van der Waals surface area contributed by atoms with Crippen LogP contribution < -0.4 is 9.80 Å². The Bertz CT molecular complexity index is 957. The van der Waals surface area contributed by atoms with E-state index in [1.54, 1.807) is 11.1 Å². The lowest BCUT2D eigenvalue weighted by molar-refractivity contribution is 0.327. The van der Waals surface area contributed by atoms with E-state index in [2.05, 4.69) is 81.7 Å². The number of hydrogen-bond donors (Lipinski definition) is 0. The van der Waals surface area contributed by atoms with Crippen LogP contribution in [-0.4, -0.2) is 13.2 Å². The van der Waals surface area contributed by atoms with Crippen LogP contribution in [0.15, 0.2) is 40.1 Å². The smallest absolute Gasteiger partial charge is 0.0954 e. The van der Waals surface area contributed by atoms with Gasteiger partial charge in [0.2, 0.25) is 0 Å². The highest BCUT2D eigenvalue weighted by Crippen LogP contribution is 2.59. The summed E-state index contributed by atoms with van der Waals surface area (Å²) in [5, 5.41) is 0. The highest BCUT2D eigenvalue weighted by molar-refractivity contribution is 7.99. The number of hydrogen-bond acceptors (Lipinski definition) is 3. The molecule has 5 rings (SSSR count). The maximum absolute atomic E-state index is 2.58. The predicted octanol–water partition coefficient (Wildman–Crippen LogP) is 7.07. The van der Waals surface area contributed by atoms with Crippen molar-refractivity contribution in [3.05, 3.63) is 41.5 Å². The van der Waals surface area contributed by atoms with Gasteiger partial charge in [-0.15, -0.1) is 0 Å². The third-order valence-electron chi connectivity index (χ3n) is 6.91. The summed E-state index contributed by atoms with van der Waals surface area (Å²) in [6, 6.07) is 11.7. The molecule has 2 aromatic rings. The molecule has 28 heavy (non-hydrogen) atoms. The minimum atomic E-state index is 0.232. The Morgan fingerprint density at radius 2 is 1.71 bits per heavy atom. The fourth-order valence-electron chi connectivity index (χ4n) is 5.35. The van der Waals surface area contributed by atoms with Gasteiger partial charge in [0.15, 0.2) is 0 Å². The Morgan fingerprint density at radius 1 is 0.964 bits per heavy atom. The Kier molecular flexibility index (Phi) is 3.91. The standard InChI is InChI=1S/C25H32N2S/c1-16(2)14-26-15-27-19-11-10-17-21(25(5,6)13-12-24(17,3)4)23(19)28-20-9-7-8-18(26)22(20)27/h7-11,16H,12-15H2,1-6H3. The van der Waals surface area contributed by atoms with Crippen molar-refractivity contribution in [1.29, 1.82) is 0 Å². The van der Waals surface area contributed by atoms with Gasteiger partial charge in [-0.25, -0.2) is 0 Å². The minimum absolute atomic E-state index is 0.232. The van der Waals surface area contributed by atoms with Gasteiger partial charge in [-0.3, -0.25) is 0 Å². The van der Waals surface area contributed by atoms with Gasteiger partial charge in [0.1, 0.15) is 0 Å². The summed E-state index contributed by atoms with van der Waals surface area (Å²) < 4.78 is 0. The largest absolute Gasteiger partial charge is 0.351 e. The van der Waals surface area contributed by atoms with Crippen LogP contribution in [0.25, 0.3) is 0 Å². The summed E-state index contributed by atoms with van der Waals surface area (Å²) in [5.74, 6) is 0.660. The molecular formula is C25H32N2S. The van der Waals surface area contributed by atoms with E-state index in [0.717, 1.165) is 13.2 Å². The number of benzene rings is 2. The van der Waals surface area contributed by atoms with Gasteiger partial charge < -0.3 is 9.80 Å². The summed E-state index contributed by atoms with van der Waals surface area (Å²) in [4.78, 5) is 8.07. The van der Waals surface area contributed by atoms with Crippen LogP contribution in [0.2, 0.25) is 0 Å². The van der Waals surface area contributed by atoms with Crippen molar-refractivity contribution in [3.63, 3.8) is 0 Å². The molecule has 3 aliphatic rings. The first-order chi connectivity index (χ1) is 13.2. The molecule has 2 aliphatic heterocycles. The van der Waals surface area contributed by atoms with E-state index in [-0.39, 0.29) is 10.8 Å². The lowest BCUT2D eigenvalue weighted by Gasteiger charge is -2.44. The van der Waals surface area contributed by atoms with Crippen molar-refractivity contribution in [2.24, 2.45) is 5.92 Å². The maximum Gasteiger partial charge on any atom is 0.0954 e. The molecule has 0 atom stereocenters. The van der Waals surface area contributed by atoms with Gasteiger partial charge in [-0.1, -0.05) is 65.4 Å². The summed E-state index contributed by atoms with van der Waals surface area (Å²) >= 11 is 2.01. The fourth-order valence-corrected chi connectivity index (χ4v) is 6.80. The Hall–Kier alpha value is -1.61. The Balaban J connectivity index is 1.70. The molecule has 2 aromatic carbocycles. The van der Waals surface area contributed by atoms with Crippen molar-refractivity contribution in [1.82, 2.24) is 0 Å². The average Bonchev–Trinajstić information content (AvgIpc) is 2.98. The number of rotatable bonds is 2. The second-order valence-corrected chi connectivity index (χ2v) is 11.6. The highest BCUT2D eigenvalue weighted by atomic mass is 32.2. The molecule has 0 radical (unpaired) electrons. The van der Waals surface area contributed by atoms with Crippen LogP contribution in [0, 0.1) is 5.92 Å². The van der Waals surface area contributed by atoms with E-state index >= 15 is 0 Å². The van der Waals surface area contributed by atoms with Crippen LogP contribution in [0.5, 0.6) is 0 Å². The summed E-state index contributed by atoms with van der Waals surface area (Å²) in [7, 11) is 0. The number of fused-ring (bicyclic) bond motifs is 4. The van der Waals surface area contributed by atoms with E-state index < -0.39 is 0 Å². The van der Waals surface area contributed by atoms with Gasteiger partial charge in [0, 0.05) is 16.3 Å². The average molecular weight is 393 g/mol. The quantitative estimate of drug-likeness (QED) is 0.539. The van der Waals surface area contributed by atoms with Crippen molar-refractivity contribution in [2.45, 2.75) is 75.0 Å². The molecule has 0 saturated heterocycles. The third kappa shape index (κ3) is 2.55. The van der Waals surface area contributed by atoms with Crippen molar-refractivity contribution in [3.8, 4) is 0 Å². The van der Waals surface area contributed by atoms with Crippen LogP contribution >= 0.6 is 11.8 Å². The lowest BCUT2D eigenvalue weighted by Crippen LogP contribution is -2.36. The molecule has 1 aliphatic carbocycles. The second kappa shape index (κ2) is 5.95. The fraction of sp³-hybridized carbons (Fsp3) is 0.520. The van der Waals surface area contributed by atoms with Crippen molar-refractivity contribution >= 4 is 28.8 Å². The lowest BCUT2D eigenvalue weighted by atomic mass is 9.63. The van der Waals surface area contributed by atoms with E-state index in [1.165, 1.54) is 39.7 Å². The van der Waals surface area contributed by atoms with Crippen molar-refractivity contribution < 1.29 is 0 Å². The van der Waals surface area contributed by atoms with Gasteiger partial charge in [0.25, 0.3) is 0 Å². The summed E-state index contributed by atoms with van der Waals surface area (Å²) in [5.41, 5.74) is 7.90. The summed E-state index contributed by atoms with van der Waals surface area (Å²) in [6.45, 7) is 16.5. The zero-order chi connectivity index (χ0) is 19.8. The molecule has 0 N–H and O–H groups in total. The molecule has 0 fully saturated rings. The first-order valence-corrected chi connectivity index (χ1v) is 11.5. The van der Waals surface area contributed by atoms with Crippen LogP contribution in [-0.2, 0) is 10.8 Å². The van der Waals surface area contributed by atoms with Gasteiger partial charge in [-0.05, 0) is 58.9 Å². The number of nitrogens with zero attached hydrogens (tertiary/aromatic N) is 2. The second-order valence-electron chi connectivity index (χ2n) is 10.5. The number of anilines is 3. The molecule has 0 aromatic heterocycles. The third-order valence-corrected chi connectivity index (χ3v) is 8.07. The Labute approximate surface area is 174 Å². The maximum atomic E-state index is 2.58. The van der Waals surface area contributed by atoms with E-state index in [4.69, 9.17) is 0 Å². The molecule has 0 spiro atoms. The van der Waals surface area contributed by atoms with Crippen LogP contribution in [0.1, 0.15) is 65.5 Å². The normalized spacial score (nSPS) is 20.8. The monoisotopic (exact) mass is 392 g/mol. The van der Waals surface area contributed by atoms with Gasteiger partial charge in [0.05, 0.1) is 23.7 Å². The first-order valence-electron chi connectivity index (χ1n) is 10.7. The summed E-state index contributed by atoms with van der Waals surface area (Å²) in [6.07, 6.45) is 2.53. The Morgan fingerprint density at radius 3 is 2.46 bits per heavy atom. The van der Waals surface area contributed by atoms with Gasteiger partial charge >= 0.3 is 0 Å². The first kappa shape index (κ1) is 18.4. The topological polar surface area (TPSA) is 6.48 Å². The van der Waals surface area contributed by atoms with E-state index in [0.29, 0.717) is 5.92 Å². The molecule has 2 heterocycles. The van der Waals surface area contributed by atoms with Gasteiger partial charge in [-0.2, -0.15) is 0 Å².